The smallest absolute Gasteiger partial charge is 0.295 e. The topological polar surface area (TPSA) is 103 Å². The second kappa shape index (κ2) is 10.0. The van der Waals surface area contributed by atoms with Gasteiger partial charge in [0, 0.05) is 36.8 Å². The van der Waals surface area contributed by atoms with E-state index >= 15 is 0 Å². The molecule has 1 aliphatic heterocycles. The molecule has 8 nitrogen and oxygen atoms in total. The van der Waals surface area contributed by atoms with E-state index in [1.54, 1.807) is 18.6 Å². The predicted octanol–water partition coefficient (Wildman–Crippen LogP) is 3.98. The Morgan fingerprint density at radius 3 is 2.52 bits per heavy atom. The Hall–Kier alpha value is -3.44. The molecular weight excluding hydrogens is 414 g/mol. The molecule has 1 saturated carbocycles. The number of piperidine rings is 1. The van der Waals surface area contributed by atoms with Crippen molar-refractivity contribution in [1.29, 1.82) is 5.26 Å². The fourth-order valence-electron chi connectivity index (χ4n) is 4.88. The first-order valence-electron chi connectivity index (χ1n) is 11.8. The molecule has 2 aromatic heterocycles. The number of nitrogens with zero attached hydrogens (tertiary/aromatic N) is 5. The van der Waals surface area contributed by atoms with Gasteiger partial charge in [-0.05, 0) is 25.7 Å². The highest BCUT2D eigenvalue weighted by Crippen LogP contribution is 2.27. The lowest BCUT2D eigenvalue weighted by atomic mass is 9.89. The molecule has 170 valence electrons. The molecule has 3 atom stereocenters. The fraction of sp³-hybridized carbons (Fsp3) is 0.440. The van der Waals surface area contributed by atoms with Crippen LogP contribution in [0.1, 0.15) is 44.1 Å². The summed E-state index contributed by atoms with van der Waals surface area (Å²) in [5.74, 6) is 1.48. The second-order valence-electron chi connectivity index (χ2n) is 8.87. The van der Waals surface area contributed by atoms with Gasteiger partial charge in [-0.3, -0.25) is 0 Å². The molecule has 2 aliphatic rings. The first-order chi connectivity index (χ1) is 16.3. The van der Waals surface area contributed by atoms with Crippen molar-refractivity contribution in [2.75, 3.05) is 23.3 Å². The number of nitrogens with one attached hydrogen (secondary N) is 2. The van der Waals surface area contributed by atoms with Crippen molar-refractivity contribution in [1.82, 2.24) is 20.3 Å². The predicted molar refractivity (Wildman–Crippen MR) is 127 cm³/mol. The molecule has 1 saturated heterocycles. The Kier molecular flexibility index (Phi) is 6.49. The molecule has 1 aromatic carbocycles. The highest BCUT2D eigenvalue weighted by Gasteiger charge is 2.30. The summed E-state index contributed by atoms with van der Waals surface area (Å²) in [7, 11) is 0. The minimum Gasteiger partial charge on any atom is -0.424 e. The zero-order chi connectivity index (χ0) is 22.5. The van der Waals surface area contributed by atoms with E-state index in [1.165, 1.54) is 12.8 Å². The molecular formula is C25H29N7O. The van der Waals surface area contributed by atoms with E-state index < -0.39 is 0 Å². The molecule has 5 rings (SSSR count). The summed E-state index contributed by atoms with van der Waals surface area (Å²) >= 11 is 0. The van der Waals surface area contributed by atoms with E-state index in [1.807, 2.05) is 30.3 Å². The van der Waals surface area contributed by atoms with Crippen molar-refractivity contribution in [3.63, 3.8) is 0 Å². The maximum absolute atomic E-state index is 8.98. The molecule has 0 radical (unpaired) electrons. The van der Waals surface area contributed by atoms with E-state index in [0.29, 0.717) is 29.6 Å². The first kappa shape index (κ1) is 21.4. The van der Waals surface area contributed by atoms with Crippen LogP contribution in [-0.4, -0.2) is 46.2 Å². The van der Waals surface area contributed by atoms with Crippen LogP contribution >= 0.6 is 0 Å². The van der Waals surface area contributed by atoms with Gasteiger partial charge in [0.25, 0.3) is 6.01 Å². The molecule has 1 unspecified atom stereocenters. The Morgan fingerprint density at radius 1 is 0.939 bits per heavy atom. The first-order valence-corrected chi connectivity index (χ1v) is 11.8. The van der Waals surface area contributed by atoms with Crippen molar-refractivity contribution >= 4 is 12.0 Å². The molecule has 8 heteroatoms. The van der Waals surface area contributed by atoms with Gasteiger partial charge in [-0.15, -0.1) is 0 Å². The normalized spacial score (nSPS) is 23.1. The average molecular weight is 444 g/mol. The van der Waals surface area contributed by atoms with Gasteiger partial charge in [-0.25, -0.2) is 15.0 Å². The van der Waals surface area contributed by atoms with Crippen molar-refractivity contribution in [2.45, 2.75) is 56.7 Å². The number of anilines is 2. The van der Waals surface area contributed by atoms with E-state index in [9.17, 15) is 0 Å². The van der Waals surface area contributed by atoms with Crippen LogP contribution in [0.15, 0.2) is 53.3 Å². The van der Waals surface area contributed by atoms with Gasteiger partial charge in [-0.2, -0.15) is 5.26 Å². The Balaban J connectivity index is 1.22. The van der Waals surface area contributed by atoms with Crippen LogP contribution in [0.2, 0.25) is 0 Å². The van der Waals surface area contributed by atoms with Crippen LogP contribution in [0, 0.1) is 11.3 Å². The van der Waals surface area contributed by atoms with Crippen LogP contribution in [0.5, 0.6) is 0 Å². The van der Waals surface area contributed by atoms with Gasteiger partial charge in [-0.1, -0.05) is 43.2 Å². The third kappa shape index (κ3) is 5.15. The van der Waals surface area contributed by atoms with E-state index in [2.05, 4.69) is 36.6 Å². The summed E-state index contributed by atoms with van der Waals surface area (Å²) in [5, 5.41) is 16.4. The van der Waals surface area contributed by atoms with Crippen LogP contribution in [0.3, 0.4) is 0 Å². The second-order valence-corrected chi connectivity index (χ2v) is 8.87. The molecule has 3 heterocycles. The zero-order valence-electron chi connectivity index (χ0n) is 18.7. The van der Waals surface area contributed by atoms with E-state index in [4.69, 9.17) is 9.68 Å². The summed E-state index contributed by atoms with van der Waals surface area (Å²) in [5.41, 5.74) is 1.52. The van der Waals surface area contributed by atoms with Gasteiger partial charge in [0.05, 0.1) is 24.2 Å². The van der Waals surface area contributed by atoms with Crippen LogP contribution in [0.25, 0.3) is 11.3 Å². The highest BCUT2D eigenvalue weighted by atomic mass is 16.4. The molecule has 3 aromatic rings. The third-order valence-electron chi connectivity index (χ3n) is 6.56. The van der Waals surface area contributed by atoms with Crippen molar-refractivity contribution in [2.24, 2.45) is 0 Å². The molecule has 2 fully saturated rings. The SMILES string of the molecule is N#Cc1cnc(N2CCCC(N[C@@H]3CCCC[C@H]3Nc3ncc(-c4ccccc4)o3)C2)nc1. The van der Waals surface area contributed by atoms with Crippen LogP contribution in [0.4, 0.5) is 12.0 Å². The Labute approximate surface area is 194 Å². The lowest BCUT2D eigenvalue weighted by molar-refractivity contribution is 0.290. The molecule has 0 bridgehead atoms. The molecule has 0 spiro atoms. The summed E-state index contributed by atoms with van der Waals surface area (Å²) in [6.07, 6.45) is 11.9. The minimum atomic E-state index is 0.280. The minimum absolute atomic E-state index is 0.280. The lowest BCUT2D eigenvalue weighted by Crippen LogP contribution is -2.55. The number of hydrogen-bond acceptors (Lipinski definition) is 8. The van der Waals surface area contributed by atoms with Crippen LogP contribution in [-0.2, 0) is 0 Å². The van der Waals surface area contributed by atoms with Gasteiger partial charge >= 0.3 is 0 Å². The Bertz CT molecular complexity index is 1080. The molecule has 2 N–H and O–H groups in total. The van der Waals surface area contributed by atoms with Gasteiger partial charge in [0.2, 0.25) is 5.95 Å². The highest BCUT2D eigenvalue weighted by molar-refractivity contribution is 5.57. The van der Waals surface area contributed by atoms with Crippen molar-refractivity contribution in [3.05, 3.63) is 54.5 Å². The molecule has 1 aliphatic carbocycles. The summed E-state index contributed by atoms with van der Waals surface area (Å²) < 4.78 is 6.01. The van der Waals surface area contributed by atoms with E-state index in [-0.39, 0.29) is 6.04 Å². The standard InChI is InChI=1S/C25H29N7O/c26-13-18-14-27-24(28-15-18)32-12-6-9-20(17-32)30-21-10-4-5-11-22(21)31-25-29-16-23(33-25)19-7-2-1-3-8-19/h1-3,7-8,14-16,20-22,30H,4-6,9-12,17H2,(H,29,31)/t20?,21-,22-/m1/s1. The maximum Gasteiger partial charge on any atom is 0.295 e. The monoisotopic (exact) mass is 443 g/mol. The molecule has 33 heavy (non-hydrogen) atoms. The number of oxazole rings is 1. The number of nitriles is 1. The largest absolute Gasteiger partial charge is 0.424 e. The average Bonchev–Trinajstić information content (AvgIpc) is 3.35. The van der Waals surface area contributed by atoms with Crippen molar-refractivity contribution < 1.29 is 4.42 Å². The summed E-state index contributed by atoms with van der Waals surface area (Å²) in [6, 6.07) is 13.7. The van der Waals surface area contributed by atoms with Gasteiger partial charge in [0.15, 0.2) is 5.76 Å². The summed E-state index contributed by atoms with van der Waals surface area (Å²) in [4.78, 5) is 15.5. The number of benzene rings is 1. The molecule has 0 amide bonds. The number of hydrogen-bond donors (Lipinski definition) is 2. The van der Waals surface area contributed by atoms with Crippen LogP contribution < -0.4 is 15.5 Å². The van der Waals surface area contributed by atoms with Gasteiger partial charge in [0.1, 0.15) is 6.07 Å². The third-order valence-corrected chi connectivity index (χ3v) is 6.56. The number of rotatable bonds is 6. The maximum atomic E-state index is 8.98. The quantitative estimate of drug-likeness (QED) is 0.590. The van der Waals surface area contributed by atoms with Crippen molar-refractivity contribution in [3.8, 4) is 17.4 Å². The number of aromatic nitrogens is 3. The fourth-order valence-corrected chi connectivity index (χ4v) is 4.88. The zero-order valence-corrected chi connectivity index (χ0v) is 18.7. The lowest BCUT2D eigenvalue weighted by Gasteiger charge is -2.39. The summed E-state index contributed by atoms with van der Waals surface area (Å²) in [6.45, 7) is 1.81. The van der Waals surface area contributed by atoms with Gasteiger partial charge < -0.3 is 20.0 Å². The van der Waals surface area contributed by atoms with E-state index in [0.717, 1.165) is 50.1 Å². The Morgan fingerprint density at radius 2 is 1.73 bits per heavy atom.